The molecular formula is C15H33IN4O2. The first-order valence-electron chi connectivity index (χ1n) is 8.04. The van der Waals surface area contributed by atoms with Gasteiger partial charge in [0.05, 0.1) is 13.2 Å². The Labute approximate surface area is 152 Å². The maximum absolute atomic E-state index is 5.48. The Morgan fingerprint density at radius 1 is 1.45 bits per heavy atom. The molecule has 1 aliphatic heterocycles. The van der Waals surface area contributed by atoms with Crippen LogP contribution in [0.3, 0.4) is 0 Å². The fraction of sp³-hybridized carbons (Fsp3) is 0.933. The maximum Gasteiger partial charge on any atom is 0.191 e. The van der Waals surface area contributed by atoms with Crippen molar-refractivity contribution in [2.45, 2.75) is 39.3 Å². The lowest BCUT2D eigenvalue weighted by atomic mass is 10.2. The van der Waals surface area contributed by atoms with Gasteiger partial charge in [-0.2, -0.15) is 0 Å². The number of ether oxygens (including phenoxy) is 2. The van der Waals surface area contributed by atoms with E-state index in [-0.39, 0.29) is 24.0 Å². The number of guanidine groups is 1. The van der Waals surface area contributed by atoms with Gasteiger partial charge in [-0.15, -0.1) is 24.0 Å². The van der Waals surface area contributed by atoms with Crippen LogP contribution in [0.4, 0.5) is 0 Å². The molecule has 6 nitrogen and oxygen atoms in total. The summed E-state index contributed by atoms with van der Waals surface area (Å²) in [7, 11) is 1.81. The summed E-state index contributed by atoms with van der Waals surface area (Å²) in [5, 5.41) is 6.71. The molecule has 0 aromatic heterocycles. The standard InChI is InChI=1S/C15H32N4O2.HI/c1-5-20-9-6-7-17-15(16-4)18-11-13(2)19-8-10-21-12-14(19)3;/h13-14H,5-12H2,1-4H3,(H2,16,17,18);1H. The Balaban J connectivity index is 0.00000441. The van der Waals surface area contributed by atoms with Crippen molar-refractivity contribution in [1.82, 2.24) is 15.5 Å². The highest BCUT2D eigenvalue weighted by Gasteiger charge is 2.23. The van der Waals surface area contributed by atoms with E-state index in [4.69, 9.17) is 9.47 Å². The Morgan fingerprint density at radius 2 is 2.23 bits per heavy atom. The summed E-state index contributed by atoms with van der Waals surface area (Å²) in [6, 6.07) is 0.947. The van der Waals surface area contributed by atoms with E-state index in [9.17, 15) is 0 Å². The quantitative estimate of drug-likeness (QED) is 0.264. The maximum atomic E-state index is 5.48. The molecule has 22 heavy (non-hydrogen) atoms. The summed E-state index contributed by atoms with van der Waals surface area (Å²) < 4.78 is 10.8. The van der Waals surface area contributed by atoms with Crippen molar-refractivity contribution in [3.8, 4) is 0 Å². The third-order valence-corrected chi connectivity index (χ3v) is 3.74. The normalized spacial score (nSPS) is 21.1. The smallest absolute Gasteiger partial charge is 0.191 e. The zero-order valence-electron chi connectivity index (χ0n) is 14.4. The highest BCUT2D eigenvalue weighted by molar-refractivity contribution is 14.0. The monoisotopic (exact) mass is 428 g/mol. The zero-order chi connectivity index (χ0) is 15.5. The largest absolute Gasteiger partial charge is 0.382 e. The van der Waals surface area contributed by atoms with Crippen LogP contribution in [-0.4, -0.2) is 76.1 Å². The molecule has 2 atom stereocenters. The van der Waals surface area contributed by atoms with E-state index >= 15 is 0 Å². The van der Waals surface area contributed by atoms with Crippen molar-refractivity contribution < 1.29 is 9.47 Å². The first-order chi connectivity index (χ1) is 10.2. The minimum Gasteiger partial charge on any atom is -0.382 e. The van der Waals surface area contributed by atoms with E-state index in [1.165, 1.54) is 0 Å². The van der Waals surface area contributed by atoms with Crippen molar-refractivity contribution in [2.75, 3.05) is 53.1 Å². The van der Waals surface area contributed by atoms with Crippen molar-refractivity contribution in [3.63, 3.8) is 0 Å². The van der Waals surface area contributed by atoms with Gasteiger partial charge in [0, 0.05) is 52.0 Å². The molecule has 2 N–H and O–H groups in total. The Kier molecular flexibility index (Phi) is 13.3. The number of hydrogen-bond donors (Lipinski definition) is 2. The van der Waals surface area contributed by atoms with Crippen LogP contribution in [0.25, 0.3) is 0 Å². The molecule has 1 fully saturated rings. The van der Waals surface area contributed by atoms with Crippen LogP contribution in [0.5, 0.6) is 0 Å². The molecule has 0 amide bonds. The highest BCUT2D eigenvalue weighted by atomic mass is 127. The highest BCUT2D eigenvalue weighted by Crippen LogP contribution is 2.09. The molecule has 1 saturated heterocycles. The summed E-state index contributed by atoms with van der Waals surface area (Å²) in [4.78, 5) is 6.74. The summed E-state index contributed by atoms with van der Waals surface area (Å²) in [5.74, 6) is 0.860. The van der Waals surface area contributed by atoms with Crippen molar-refractivity contribution in [3.05, 3.63) is 0 Å². The zero-order valence-corrected chi connectivity index (χ0v) is 16.8. The number of hydrogen-bond acceptors (Lipinski definition) is 4. The second kappa shape index (κ2) is 13.3. The molecule has 0 aromatic carbocycles. The van der Waals surface area contributed by atoms with E-state index in [0.717, 1.165) is 58.4 Å². The Bertz CT molecular complexity index is 305. The number of morpholine rings is 1. The molecular weight excluding hydrogens is 395 g/mol. The van der Waals surface area contributed by atoms with E-state index in [1.54, 1.807) is 7.05 Å². The molecule has 2 unspecified atom stereocenters. The summed E-state index contributed by atoms with van der Waals surface area (Å²) in [6.45, 7) is 12.5. The van der Waals surface area contributed by atoms with Crippen LogP contribution in [0.15, 0.2) is 4.99 Å². The van der Waals surface area contributed by atoms with Gasteiger partial charge >= 0.3 is 0 Å². The molecule has 0 spiro atoms. The summed E-state index contributed by atoms with van der Waals surface area (Å²) in [5.41, 5.74) is 0. The topological polar surface area (TPSA) is 58.1 Å². The van der Waals surface area contributed by atoms with Crippen LogP contribution in [0.1, 0.15) is 27.2 Å². The number of aliphatic imine (C=N–C) groups is 1. The van der Waals surface area contributed by atoms with E-state index in [2.05, 4.69) is 34.4 Å². The fourth-order valence-electron chi connectivity index (χ4n) is 2.50. The second-order valence-electron chi connectivity index (χ2n) is 5.44. The summed E-state index contributed by atoms with van der Waals surface area (Å²) in [6.07, 6.45) is 0.991. The minimum atomic E-state index is 0. The number of nitrogens with one attached hydrogen (secondary N) is 2. The average Bonchev–Trinajstić information content (AvgIpc) is 2.50. The molecule has 0 radical (unpaired) electrons. The summed E-state index contributed by atoms with van der Waals surface area (Å²) >= 11 is 0. The van der Waals surface area contributed by atoms with Gasteiger partial charge in [0.15, 0.2) is 5.96 Å². The molecule has 0 aromatic rings. The molecule has 1 heterocycles. The number of halogens is 1. The van der Waals surface area contributed by atoms with Gasteiger partial charge in [0.1, 0.15) is 0 Å². The third-order valence-electron chi connectivity index (χ3n) is 3.74. The third kappa shape index (κ3) is 8.50. The van der Waals surface area contributed by atoms with Gasteiger partial charge in [-0.05, 0) is 27.2 Å². The van der Waals surface area contributed by atoms with Gasteiger partial charge in [-0.25, -0.2) is 0 Å². The predicted molar refractivity (Wildman–Crippen MR) is 102 cm³/mol. The molecule has 1 aliphatic rings. The minimum absolute atomic E-state index is 0. The lowest BCUT2D eigenvalue weighted by Gasteiger charge is -2.38. The Hall–Kier alpha value is -0.120. The van der Waals surface area contributed by atoms with Crippen molar-refractivity contribution in [2.24, 2.45) is 4.99 Å². The lowest BCUT2D eigenvalue weighted by Crippen LogP contribution is -2.53. The SMILES string of the molecule is CCOCCCNC(=NC)NCC(C)N1CCOCC1C.I. The van der Waals surface area contributed by atoms with Crippen LogP contribution in [-0.2, 0) is 9.47 Å². The van der Waals surface area contributed by atoms with Gasteiger partial charge < -0.3 is 20.1 Å². The second-order valence-corrected chi connectivity index (χ2v) is 5.44. The first-order valence-corrected chi connectivity index (χ1v) is 8.04. The van der Waals surface area contributed by atoms with Crippen LogP contribution in [0, 0.1) is 0 Å². The van der Waals surface area contributed by atoms with Gasteiger partial charge in [-0.3, -0.25) is 9.89 Å². The molecule has 132 valence electrons. The Morgan fingerprint density at radius 3 is 2.86 bits per heavy atom. The molecule has 0 aliphatic carbocycles. The fourth-order valence-corrected chi connectivity index (χ4v) is 2.50. The van der Waals surface area contributed by atoms with Gasteiger partial charge in [0.2, 0.25) is 0 Å². The average molecular weight is 428 g/mol. The van der Waals surface area contributed by atoms with Crippen molar-refractivity contribution >= 4 is 29.9 Å². The molecule has 1 rings (SSSR count). The van der Waals surface area contributed by atoms with Gasteiger partial charge in [0.25, 0.3) is 0 Å². The molecule has 7 heteroatoms. The number of rotatable bonds is 8. The van der Waals surface area contributed by atoms with E-state index < -0.39 is 0 Å². The van der Waals surface area contributed by atoms with Crippen LogP contribution >= 0.6 is 24.0 Å². The van der Waals surface area contributed by atoms with Crippen LogP contribution in [0.2, 0.25) is 0 Å². The predicted octanol–water partition coefficient (Wildman–Crippen LogP) is 1.31. The first kappa shape index (κ1) is 21.9. The molecule has 0 bridgehead atoms. The lowest BCUT2D eigenvalue weighted by molar-refractivity contribution is -0.0174. The van der Waals surface area contributed by atoms with E-state index in [1.807, 2.05) is 6.92 Å². The number of nitrogens with zero attached hydrogens (tertiary/aromatic N) is 2. The van der Waals surface area contributed by atoms with E-state index in [0.29, 0.717) is 12.1 Å². The molecule has 0 saturated carbocycles. The van der Waals surface area contributed by atoms with Crippen LogP contribution < -0.4 is 10.6 Å². The van der Waals surface area contributed by atoms with Crippen molar-refractivity contribution in [1.29, 1.82) is 0 Å². The van der Waals surface area contributed by atoms with Gasteiger partial charge in [-0.1, -0.05) is 0 Å².